The number of phenolic OH excluding ortho intramolecular Hbond substituents is 1. The summed E-state index contributed by atoms with van der Waals surface area (Å²) in [5.41, 5.74) is 1.45. The van der Waals surface area contributed by atoms with Gasteiger partial charge in [0.1, 0.15) is 11.8 Å². The molecule has 0 aliphatic heterocycles. The number of nitrogens with zero attached hydrogens (tertiary/aromatic N) is 1. The van der Waals surface area contributed by atoms with Gasteiger partial charge in [0.25, 0.3) is 0 Å². The Labute approximate surface area is 194 Å². The number of hydrogen-bond acceptors (Lipinski definition) is 4. The van der Waals surface area contributed by atoms with E-state index in [0.29, 0.717) is 11.3 Å². The second-order valence-corrected chi connectivity index (χ2v) is 7.67. The van der Waals surface area contributed by atoms with E-state index in [0.717, 1.165) is 5.56 Å². The van der Waals surface area contributed by atoms with E-state index < -0.39 is 35.9 Å². The summed E-state index contributed by atoms with van der Waals surface area (Å²) in [7, 11) is 0. The number of aromatic hydroxyl groups is 1. The molecule has 2 aromatic rings. The zero-order valence-corrected chi connectivity index (χ0v) is 18.4. The molecule has 0 saturated heterocycles. The molecule has 0 saturated carbocycles. The highest BCUT2D eigenvalue weighted by Gasteiger charge is 2.40. The third-order valence-electron chi connectivity index (χ3n) is 5.12. The minimum atomic E-state index is -5.16. The fourth-order valence-electron chi connectivity index (χ4n) is 3.18. The Morgan fingerprint density at radius 2 is 1.74 bits per heavy atom. The zero-order valence-electron chi connectivity index (χ0n) is 18.4. The lowest BCUT2D eigenvalue weighted by molar-refractivity contribution is -0.174. The van der Waals surface area contributed by atoms with Gasteiger partial charge >= 0.3 is 12.1 Å². The van der Waals surface area contributed by atoms with Gasteiger partial charge in [0.2, 0.25) is 5.91 Å². The second kappa shape index (κ2) is 11.8. The van der Waals surface area contributed by atoms with Crippen molar-refractivity contribution >= 4 is 23.3 Å². The van der Waals surface area contributed by atoms with Gasteiger partial charge in [0, 0.05) is 6.42 Å². The standard InChI is InChI=1S/C24H24F3N3O4/c1-15(20(31)12-9-17-14-18(28-2)10-13-21(17)32)29-22(33)19(30-23(34)24(25,26)27)11-8-16-6-4-3-5-7-16/h3-7,10,13-15,19,32H,8-9,11-12H2,1H3,(H,29,33)(H,30,34)/t15-,19+/m0/s1. The van der Waals surface area contributed by atoms with Crippen molar-refractivity contribution in [1.29, 1.82) is 0 Å². The zero-order chi connectivity index (χ0) is 25.3. The first kappa shape index (κ1) is 26.4. The van der Waals surface area contributed by atoms with Crippen molar-refractivity contribution in [2.45, 2.75) is 50.9 Å². The number of carbonyl (C=O) groups is 3. The Morgan fingerprint density at radius 1 is 1.06 bits per heavy atom. The van der Waals surface area contributed by atoms with Crippen LogP contribution in [0.15, 0.2) is 48.5 Å². The number of nitrogens with one attached hydrogen (secondary N) is 2. The van der Waals surface area contributed by atoms with E-state index in [9.17, 15) is 32.7 Å². The summed E-state index contributed by atoms with van der Waals surface area (Å²) in [6, 6.07) is 10.4. The largest absolute Gasteiger partial charge is 0.508 e. The number of alkyl halides is 3. The summed E-state index contributed by atoms with van der Waals surface area (Å²) < 4.78 is 38.2. The molecular weight excluding hydrogens is 451 g/mol. The molecule has 0 fully saturated rings. The highest BCUT2D eigenvalue weighted by molar-refractivity contribution is 5.93. The first-order chi connectivity index (χ1) is 16.0. The van der Waals surface area contributed by atoms with Gasteiger partial charge in [0.15, 0.2) is 11.5 Å². The lowest BCUT2D eigenvalue weighted by Crippen LogP contribution is -2.53. The highest BCUT2D eigenvalue weighted by atomic mass is 19.4. The number of aryl methyl sites for hydroxylation is 2. The smallest absolute Gasteiger partial charge is 0.471 e. The minimum Gasteiger partial charge on any atom is -0.508 e. The number of hydrogen-bond donors (Lipinski definition) is 3. The number of Topliss-reactive ketones (excluding diaryl/α,β-unsaturated/α-hetero) is 1. The molecule has 0 heterocycles. The van der Waals surface area contributed by atoms with E-state index in [2.05, 4.69) is 10.2 Å². The molecule has 0 aliphatic rings. The summed E-state index contributed by atoms with van der Waals surface area (Å²) in [5, 5.41) is 14.0. The van der Waals surface area contributed by atoms with E-state index in [4.69, 9.17) is 6.57 Å². The van der Waals surface area contributed by atoms with Crippen molar-refractivity contribution in [2.75, 3.05) is 0 Å². The Kier molecular flexibility index (Phi) is 9.18. The molecule has 0 spiro atoms. The predicted octanol–water partition coefficient (Wildman–Crippen LogP) is 3.63. The average molecular weight is 475 g/mol. The summed E-state index contributed by atoms with van der Waals surface area (Å²) in [6.07, 6.45) is -5.00. The molecule has 0 unspecified atom stereocenters. The molecule has 2 amide bonds. The maximum Gasteiger partial charge on any atom is 0.471 e. The van der Waals surface area contributed by atoms with Crippen molar-refractivity contribution in [2.24, 2.45) is 0 Å². The molecule has 7 nitrogen and oxygen atoms in total. The van der Waals surface area contributed by atoms with Gasteiger partial charge in [-0.15, -0.1) is 0 Å². The molecule has 0 radical (unpaired) electrons. The van der Waals surface area contributed by atoms with E-state index in [1.54, 1.807) is 35.6 Å². The molecule has 2 atom stereocenters. The fourth-order valence-corrected chi connectivity index (χ4v) is 3.18. The minimum absolute atomic E-state index is 0.0762. The first-order valence-electron chi connectivity index (χ1n) is 10.4. The van der Waals surface area contributed by atoms with Crippen LogP contribution in [-0.2, 0) is 27.2 Å². The van der Waals surface area contributed by atoms with Crippen LogP contribution in [0.5, 0.6) is 5.75 Å². The molecule has 0 aliphatic carbocycles. The van der Waals surface area contributed by atoms with Crippen LogP contribution >= 0.6 is 0 Å². The van der Waals surface area contributed by atoms with Gasteiger partial charge in [0.05, 0.1) is 12.6 Å². The first-order valence-corrected chi connectivity index (χ1v) is 10.4. The van der Waals surface area contributed by atoms with Crippen molar-refractivity contribution in [3.05, 3.63) is 71.1 Å². The van der Waals surface area contributed by atoms with Crippen LogP contribution in [0.1, 0.15) is 30.9 Å². The third-order valence-corrected chi connectivity index (χ3v) is 5.12. The molecule has 3 N–H and O–H groups in total. The summed E-state index contributed by atoms with van der Waals surface area (Å²) >= 11 is 0. The Hall–Kier alpha value is -3.87. The fraction of sp³-hybridized carbons (Fsp3) is 0.333. The maximum atomic E-state index is 12.7. The Bertz CT molecular complexity index is 1070. The molecule has 0 bridgehead atoms. The van der Waals surface area contributed by atoms with Crippen LogP contribution in [0.25, 0.3) is 4.85 Å². The molecular formula is C24H24F3N3O4. The monoisotopic (exact) mass is 475 g/mol. The molecule has 10 heteroatoms. The Balaban J connectivity index is 2.01. The Morgan fingerprint density at radius 3 is 2.35 bits per heavy atom. The van der Waals surface area contributed by atoms with Gasteiger partial charge in [-0.2, -0.15) is 13.2 Å². The second-order valence-electron chi connectivity index (χ2n) is 7.67. The van der Waals surface area contributed by atoms with Crippen LogP contribution in [0.4, 0.5) is 18.9 Å². The SMILES string of the molecule is [C-]#[N+]c1ccc(O)c(CCC(=O)[C@H](C)NC(=O)[C@@H](CCc2ccccc2)NC(=O)C(F)(F)F)c1. The maximum absolute atomic E-state index is 12.7. The van der Waals surface area contributed by atoms with Gasteiger partial charge in [-0.3, -0.25) is 14.4 Å². The van der Waals surface area contributed by atoms with Crippen LogP contribution in [0.3, 0.4) is 0 Å². The topological polar surface area (TPSA) is 99.9 Å². The van der Waals surface area contributed by atoms with E-state index in [-0.39, 0.29) is 31.4 Å². The van der Waals surface area contributed by atoms with Crippen molar-refractivity contribution in [1.82, 2.24) is 10.6 Å². The highest BCUT2D eigenvalue weighted by Crippen LogP contribution is 2.24. The van der Waals surface area contributed by atoms with Crippen LogP contribution in [0.2, 0.25) is 0 Å². The average Bonchev–Trinajstić information content (AvgIpc) is 2.80. The quantitative estimate of drug-likeness (QED) is 0.457. The predicted molar refractivity (Wildman–Crippen MR) is 118 cm³/mol. The lowest BCUT2D eigenvalue weighted by atomic mass is 10.0. The summed E-state index contributed by atoms with van der Waals surface area (Å²) in [4.78, 5) is 39.8. The van der Waals surface area contributed by atoms with Gasteiger partial charge in [-0.1, -0.05) is 36.4 Å². The summed E-state index contributed by atoms with van der Waals surface area (Å²) in [6.45, 7) is 8.40. The van der Waals surface area contributed by atoms with Gasteiger partial charge < -0.3 is 15.7 Å². The molecule has 2 rings (SSSR count). The number of halogens is 3. The van der Waals surface area contributed by atoms with E-state index in [1.165, 1.54) is 25.1 Å². The number of benzene rings is 2. The molecule has 180 valence electrons. The number of rotatable bonds is 10. The number of phenols is 1. The lowest BCUT2D eigenvalue weighted by Gasteiger charge is -2.21. The summed E-state index contributed by atoms with van der Waals surface area (Å²) in [5.74, 6) is -3.65. The van der Waals surface area contributed by atoms with Crippen molar-refractivity contribution < 1.29 is 32.7 Å². The van der Waals surface area contributed by atoms with Crippen molar-refractivity contribution in [3.63, 3.8) is 0 Å². The number of carbonyl (C=O) groups excluding carboxylic acids is 3. The number of amides is 2. The van der Waals surface area contributed by atoms with Crippen LogP contribution in [0, 0.1) is 6.57 Å². The molecule has 2 aromatic carbocycles. The third kappa shape index (κ3) is 7.92. The van der Waals surface area contributed by atoms with E-state index >= 15 is 0 Å². The van der Waals surface area contributed by atoms with Crippen molar-refractivity contribution in [3.8, 4) is 5.75 Å². The normalized spacial score (nSPS) is 12.8. The van der Waals surface area contributed by atoms with Crippen LogP contribution in [-0.4, -0.2) is 41.0 Å². The number of ketones is 1. The molecule has 0 aromatic heterocycles. The van der Waals surface area contributed by atoms with E-state index in [1.807, 2.05) is 0 Å². The van der Waals surface area contributed by atoms with Crippen LogP contribution < -0.4 is 10.6 Å². The van der Waals surface area contributed by atoms with Gasteiger partial charge in [-0.05, 0) is 49.4 Å². The molecule has 34 heavy (non-hydrogen) atoms. The van der Waals surface area contributed by atoms with Gasteiger partial charge in [-0.25, -0.2) is 4.85 Å².